The molecular formula is C15H18FN5. The molecule has 6 heteroatoms. The van der Waals surface area contributed by atoms with Crippen LogP contribution in [0.4, 0.5) is 10.3 Å². The Balaban J connectivity index is 1.64. The summed E-state index contributed by atoms with van der Waals surface area (Å²) < 4.78 is 13.0. The van der Waals surface area contributed by atoms with Gasteiger partial charge in [0.25, 0.3) is 0 Å². The molecule has 1 N–H and O–H groups in total. The van der Waals surface area contributed by atoms with E-state index < -0.39 is 5.82 Å². The maximum Gasteiger partial charge on any atom is 0.226 e. The third kappa shape index (κ3) is 2.28. The molecule has 0 bridgehead atoms. The Hall–Kier alpha value is -1.98. The minimum atomic E-state index is -0.400. The van der Waals surface area contributed by atoms with E-state index in [9.17, 15) is 4.39 Å². The van der Waals surface area contributed by atoms with Crippen molar-refractivity contribution >= 4 is 5.95 Å². The van der Waals surface area contributed by atoms with Crippen LogP contribution in [0.5, 0.6) is 0 Å². The van der Waals surface area contributed by atoms with Crippen molar-refractivity contribution in [3.8, 4) is 0 Å². The van der Waals surface area contributed by atoms with Gasteiger partial charge < -0.3 is 9.88 Å². The standard InChI is InChI=1S/C15H18FN5/c16-10-8-17-15(18-9-10)21-7-3-6-13(21)14-19-11-4-1-2-5-12(11)20-14/h8-9,13H,1-7H2,(H,19,20)/t13-/m1/s1. The SMILES string of the molecule is Fc1cnc(N2CCC[C@@H]2c2nc3c([nH]2)CCCC3)nc1. The van der Waals surface area contributed by atoms with Crippen LogP contribution in [0.15, 0.2) is 12.4 Å². The summed E-state index contributed by atoms with van der Waals surface area (Å²) in [5.41, 5.74) is 2.52. The summed E-state index contributed by atoms with van der Waals surface area (Å²) in [6.07, 6.45) is 9.21. The lowest BCUT2D eigenvalue weighted by atomic mass is 10.0. The highest BCUT2D eigenvalue weighted by atomic mass is 19.1. The number of fused-ring (bicyclic) bond motifs is 1. The molecule has 1 saturated heterocycles. The zero-order valence-electron chi connectivity index (χ0n) is 11.8. The van der Waals surface area contributed by atoms with Crippen LogP contribution in [-0.4, -0.2) is 26.5 Å². The van der Waals surface area contributed by atoms with E-state index in [1.54, 1.807) is 0 Å². The summed E-state index contributed by atoms with van der Waals surface area (Å²) in [4.78, 5) is 18.7. The van der Waals surface area contributed by atoms with Crippen LogP contribution in [0.3, 0.4) is 0 Å². The van der Waals surface area contributed by atoms with Gasteiger partial charge in [0.15, 0.2) is 5.82 Å². The van der Waals surface area contributed by atoms with Crippen LogP contribution in [0.1, 0.15) is 48.9 Å². The minimum Gasteiger partial charge on any atom is -0.344 e. The van der Waals surface area contributed by atoms with Crippen molar-refractivity contribution in [2.45, 2.75) is 44.6 Å². The molecule has 0 aromatic carbocycles. The summed E-state index contributed by atoms with van der Waals surface area (Å²) in [7, 11) is 0. The van der Waals surface area contributed by atoms with E-state index in [1.807, 2.05) is 0 Å². The first-order chi connectivity index (χ1) is 10.3. The van der Waals surface area contributed by atoms with Crippen LogP contribution in [0.25, 0.3) is 0 Å². The Labute approximate surface area is 122 Å². The summed E-state index contributed by atoms with van der Waals surface area (Å²) >= 11 is 0. The van der Waals surface area contributed by atoms with E-state index in [0.29, 0.717) is 5.95 Å². The first-order valence-corrected chi connectivity index (χ1v) is 7.63. The zero-order valence-corrected chi connectivity index (χ0v) is 11.8. The largest absolute Gasteiger partial charge is 0.344 e. The second-order valence-electron chi connectivity index (χ2n) is 5.81. The quantitative estimate of drug-likeness (QED) is 0.922. The highest BCUT2D eigenvalue weighted by molar-refractivity contribution is 5.35. The lowest BCUT2D eigenvalue weighted by Gasteiger charge is -2.22. The minimum absolute atomic E-state index is 0.182. The fraction of sp³-hybridized carbons (Fsp3) is 0.533. The molecule has 0 unspecified atom stereocenters. The van der Waals surface area contributed by atoms with Gasteiger partial charge in [-0.2, -0.15) is 0 Å². The molecule has 2 aromatic heterocycles. The van der Waals surface area contributed by atoms with Crippen LogP contribution >= 0.6 is 0 Å². The van der Waals surface area contributed by atoms with Gasteiger partial charge in [0.1, 0.15) is 5.82 Å². The Morgan fingerprint density at radius 3 is 2.76 bits per heavy atom. The van der Waals surface area contributed by atoms with E-state index in [-0.39, 0.29) is 6.04 Å². The lowest BCUT2D eigenvalue weighted by Crippen LogP contribution is -2.25. The summed E-state index contributed by atoms with van der Waals surface area (Å²) in [6.45, 7) is 0.891. The van der Waals surface area contributed by atoms with Gasteiger partial charge in [0.05, 0.1) is 24.1 Å². The van der Waals surface area contributed by atoms with E-state index in [1.165, 1.54) is 36.6 Å². The van der Waals surface area contributed by atoms with E-state index in [0.717, 1.165) is 38.1 Å². The molecule has 2 aliphatic rings. The highest BCUT2D eigenvalue weighted by Crippen LogP contribution is 2.34. The van der Waals surface area contributed by atoms with Crippen LogP contribution in [0, 0.1) is 5.82 Å². The Morgan fingerprint density at radius 1 is 1.14 bits per heavy atom. The number of imidazole rings is 1. The number of H-pyrrole nitrogens is 1. The van der Waals surface area contributed by atoms with Crippen LogP contribution in [-0.2, 0) is 12.8 Å². The van der Waals surface area contributed by atoms with Gasteiger partial charge in [-0.05, 0) is 38.5 Å². The Bertz CT molecular complexity index is 613. The molecular weight excluding hydrogens is 269 g/mol. The first kappa shape index (κ1) is 12.7. The smallest absolute Gasteiger partial charge is 0.226 e. The topological polar surface area (TPSA) is 57.7 Å². The molecule has 0 radical (unpaired) electrons. The number of aromatic amines is 1. The molecule has 0 saturated carbocycles. The maximum atomic E-state index is 13.0. The summed E-state index contributed by atoms with van der Waals surface area (Å²) in [5, 5.41) is 0. The zero-order chi connectivity index (χ0) is 14.2. The molecule has 3 heterocycles. The van der Waals surface area contributed by atoms with E-state index in [2.05, 4.69) is 19.9 Å². The highest BCUT2D eigenvalue weighted by Gasteiger charge is 2.31. The second-order valence-corrected chi connectivity index (χ2v) is 5.81. The maximum absolute atomic E-state index is 13.0. The van der Waals surface area contributed by atoms with Gasteiger partial charge in [0, 0.05) is 12.2 Å². The fourth-order valence-electron chi connectivity index (χ4n) is 3.38. The Morgan fingerprint density at radius 2 is 1.95 bits per heavy atom. The number of nitrogens with one attached hydrogen (secondary N) is 1. The fourth-order valence-corrected chi connectivity index (χ4v) is 3.38. The predicted octanol–water partition coefficient (Wildman–Crippen LogP) is 2.56. The average molecular weight is 287 g/mol. The van der Waals surface area contributed by atoms with Crippen LogP contribution in [0.2, 0.25) is 0 Å². The summed E-state index contributed by atoms with van der Waals surface area (Å²) in [6, 6.07) is 0.182. The van der Waals surface area contributed by atoms with Crippen molar-refractivity contribution in [2.75, 3.05) is 11.4 Å². The number of nitrogens with zero attached hydrogens (tertiary/aromatic N) is 4. The number of halogens is 1. The third-order valence-corrected chi connectivity index (χ3v) is 4.41. The van der Waals surface area contributed by atoms with E-state index >= 15 is 0 Å². The van der Waals surface area contributed by atoms with Gasteiger partial charge in [-0.3, -0.25) is 0 Å². The van der Waals surface area contributed by atoms with Gasteiger partial charge in [-0.15, -0.1) is 0 Å². The lowest BCUT2D eigenvalue weighted by molar-refractivity contribution is 0.606. The molecule has 21 heavy (non-hydrogen) atoms. The van der Waals surface area contributed by atoms with E-state index in [4.69, 9.17) is 4.98 Å². The molecule has 110 valence electrons. The van der Waals surface area contributed by atoms with Crippen molar-refractivity contribution in [1.29, 1.82) is 0 Å². The molecule has 1 atom stereocenters. The monoisotopic (exact) mass is 287 g/mol. The third-order valence-electron chi connectivity index (χ3n) is 4.41. The number of anilines is 1. The molecule has 1 fully saturated rings. The molecule has 0 spiro atoms. The first-order valence-electron chi connectivity index (χ1n) is 7.63. The van der Waals surface area contributed by atoms with Gasteiger partial charge in [-0.1, -0.05) is 0 Å². The summed E-state index contributed by atoms with van der Waals surface area (Å²) in [5.74, 6) is 1.21. The van der Waals surface area contributed by atoms with Crippen molar-refractivity contribution < 1.29 is 4.39 Å². The normalized spacial score (nSPS) is 21.6. The molecule has 5 nitrogen and oxygen atoms in total. The molecule has 1 aliphatic heterocycles. The van der Waals surface area contributed by atoms with Crippen molar-refractivity contribution in [3.63, 3.8) is 0 Å². The number of aromatic nitrogens is 4. The number of rotatable bonds is 2. The van der Waals surface area contributed by atoms with Gasteiger partial charge in [-0.25, -0.2) is 19.3 Å². The van der Waals surface area contributed by atoms with Crippen molar-refractivity contribution in [1.82, 2.24) is 19.9 Å². The average Bonchev–Trinajstić information content (AvgIpc) is 3.14. The molecule has 1 aliphatic carbocycles. The van der Waals surface area contributed by atoms with Crippen LogP contribution < -0.4 is 4.90 Å². The Kier molecular flexibility index (Phi) is 3.09. The number of aryl methyl sites for hydroxylation is 2. The van der Waals surface area contributed by atoms with Crippen molar-refractivity contribution in [2.24, 2.45) is 0 Å². The predicted molar refractivity (Wildman–Crippen MR) is 76.5 cm³/mol. The van der Waals surface area contributed by atoms with Crippen molar-refractivity contribution in [3.05, 3.63) is 35.4 Å². The number of hydrogen-bond donors (Lipinski definition) is 1. The molecule has 4 rings (SSSR count). The second kappa shape index (κ2) is 5.09. The molecule has 2 aromatic rings. The van der Waals surface area contributed by atoms with Gasteiger partial charge >= 0.3 is 0 Å². The molecule has 0 amide bonds. The van der Waals surface area contributed by atoms with Gasteiger partial charge in [0.2, 0.25) is 5.95 Å². The number of hydrogen-bond acceptors (Lipinski definition) is 4.